The fourth-order valence-corrected chi connectivity index (χ4v) is 5.11. The second kappa shape index (κ2) is 11.1. The molecule has 37 heavy (non-hydrogen) atoms. The molecule has 0 aromatic heterocycles. The highest BCUT2D eigenvalue weighted by Gasteiger charge is 2.41. The maximum Gasteiger partial charge on any atom is 0.336 e. The largest absolute Gasteiger partial charge is 0.497 e. The van der Waals surface area contributed by atoms with Gasteiger partial charge in [-0.2, -0.15) is 0 Å². The lowest BCUT2D eigenvalue weighted by atomic mass is 9.71. The van der Waals surface area contributed by atoms with Crippen molar-refractivity contribution < 1.29 is 28.5 Å². The van der Waals surface area contributed by atoms with E-state index in [1.165, 1.54) is 0 Å². The van der Waals surface area contributed by atoms with Crippen molar-refractivity contribution >= 4 is 11.8 Å². The third kappa shape index (κ3) is 5.36. The van der Waals surface area contributed by atoms with Gasteiger partial charge in [0, 0.05) is 29.3 Å². The lowest BCUT2D eigenvalue weighted by Gasteiger charge is -2.37. The Balaban J connectivity index is 1.78. The quantitative estimate of drug-likeness (QED) is 0.489. The molecule has 0 saturated heterocycles. The number of Topliss-reactive ketones (excluding diaryl/α,β-unsaturated/α-hetero) is 1. The molecule has 7 heteroatoms. The van der Waals surface area contributed by atoms with E-state index in [0.717, 1.165) is 22.6 Å². The first kappa shape index (κ1) is 26.3. The van der Waals surface area contributed by atoms with Crippen LogP contribution >= 0.6 is 0 Å². The lowest BCUT2D eigenvalue weighted by Crippen LogP contribution is -2.36. The zero-order valence-corrected chi connectivity index (χ0v) is 22.3. The van der Waals surface area contributed by atoms with Crippen molar-refractivity contribution in [3.05, 3.63) is 76.1 Å². The van der Waals surface area contributed by atoms with Crippen molar-refractivity contribution in [3.63, 3.8) is 0 Å². The van der Waals surface area contributed by atoms with Gasteiger partial charge >= 0.3 is 5.97 Å². The first-order valence-electron chi connectivity index (χ1n) is 12.5. The number of nitrogens with one attached hydrogen (secondary N) is 1. The molecule has 4 rings (SSSR count). The standard InChI is InChI=1S/C30H35NO6/c1-17(2)16-37-30(33)27-18(3)31-23-13-21(19-7-10-22(34-4)11-8-19)14-24(32)29(23)28(27)20-9-12-25(35-5)26(15-20)36-6/h7-12,15,17,21,28,31H,13-14,16H2,1-6H3/t21-,28+/m1/s1. The van der Waals surface area contributed by atoms with E-state index in [9.17, 15) is 9.59 Å². The highest BCUT2D eigenvalue weighted by Crippen LogP contribution is 2.47. The van der Waals surface area contributed by atoms with Crippen molar-refractivity contribution in [1.29, 1.82) is 0 Å². The number of methoxy groups -OCH3 is 3. The maximum atomic E-state index is 13.8. The number of esters is 1. The smallest absolute Gasteiger partial charge is 0.336 e. The van der Waals surface area contributed by atoms with E-state index in [0.29, 0.717) is 47.8 Å². The summed E-state index contributed by atoms with van der Waals surface area (Å²) in [7, 11) is 4.78. The predicted octanol–water partition coefficient (Wildman–Crippen LogP) is 5.27. The Morgan fingerprint density at radius 1 is 0.946 bits per heavy atom. The minimum atomic E-state index is -0.569. The van der Waals surface area contributed by atoms with Crippen LogP contribution in [0.2, 0.25) is 0 Å². The average Bonchev–Trinajstić information content (AvgIpc) is 2.90. The average molecular weight is 506 g/mol. The zero-order valence-electron chi connectivity index (χ0n) is 22.3. The molecular formula is C30H35NO6. The van der Waals surface area contributed by atoms with Crippen molar-refractivity contribution in [2.24, 2.45) is 5.92 Å². The Kier molecular flexibility index (Phi) is 7.91. The molecule has 1 N–H and O–H groups in total. The maximum absolute atomic E-state index is 13.8. The summed E-state index contributed by atoms with van der Waals surface area (Å²) in [5, 5.41) is 3.40. The highest BCUT2D eigenvalue weighted by molar-refractivity contribution is 6.04. The van der Waals surface area contributed by atoms with Crippen molar-refractivity contribution in [3.8, 4) is 17.2 Å². The number of ether oxygens (including phenoxy) is 4. The second-order valence-corrected chi connectivity index (χ2v) is 9.90. The number of rotatable bonds is 8. The number of benzene rings is 2. The van der Waals surface area contributed by atoms with Gasteiger partial charge in [0.1, 0.15) is 5.75 Å². The molecule has 0 bridgehead atoms. The fourth-order valence-electron chi connectivity index (χ4n) is 5.11. The van der Waals surface area contributed by atoms with Gasteiger partial charge in [-0.15, -0.1) is 0 Å². The van der Waals surface area contributed by atoms with E-state index in [1.54, 1.807) is 27.4 Å². The Morgan fingerprint density at radius 3 is 2.24 bits per heavy atom. The molecule has 0 fully saturated rings. The highest BCUT2D eigenvalue weighted by atomic mass is 16.5. The fraction of sp³-hybridized carbons (Fsp3) is 0.400. The Labute approximate surface area is 218 Å². The number of carbonyl (C=O) groups excluding carboxylic acids is 2. The van der Waals surface area contributed by atoms with Crippen LogP contribution in [0.1, 0.15) is 56.6 Å². The summed E-state index contributed by atoms with van der Waals surface area (Å²) in [5.41, 5.74) is 4.44. The molecule has 2 aliphatic rings. The van der Waals surface area contributed by atoms with E-state index < -0.39 is 11.9 Å². The predicted molar refractivity (Wildman–Crippen MR) is 141 cm³/mol. The van der Waals surface area contributed by atoms with Crippen LogP contribution in [-0.4, -0.2) is 39.7 Å². The minimum Gasteiger partial charge on any atom is -0.497 e. The molecular weight excluding hydrogens is 470 g/mol. The molecule has 2 aromatic carbocycles. The van der Waals surface area contributed by atoms with Gasteiger partial charge in [0.15, 0.2) is 17.3 Å². The van der Waals surface area contributed by atoms with Crippen LogP contribution in [0, 0.1) is 5.92 Å². The number of ketones is 1. The molecule has 0 radical (unpaired) electrons. The topological polar surface area (TPSA) is 83.1 Å². The van der Waals surface area contributed by atoms with Crippen LogP contribution in [-0.2, 0) is 14.3 Å². The Morgan fingerprint density at radius 2 is 1.62 bits per heavy atom. The van der Waals surface area contributed by atoms with Crippen LogP contribution in [0.4, 0.5) is 0 Å². The van der Waals surface area contributed by atoms with Gasteiger partial charge in [-0.25, -0.2) is 4.79 Å². The summed E-state index contributed by atoms with van der Waals surface area (Å²) in [5.74, 6) is 1.13. The van der Waals surface area contributed by atoms with E-state index in [1.807, 2.05) is 57.2 Å². The van der Waals surface area contributed by atoms with E-state index in [4.69, 9.17) is 18.9 Å². The molecule has 1 aliphatic heterocycles. The first-order valence-corrected chi connectivity index (χ1v) is 12.5. The molecule has 196 valence electrons. The van der Waals surface area contributed by atoms with Gasteiger partial charge in [-0.3, -0.25) is 4.79 Å². The van der Waals surface area contributed by atoms with Gasteiger partial charge in [0.25, 0.3) is 0 Å². The molecule has 7 nitrogen and oxygen atoms in total. The monoisotopic (exact) mass is 505 g/mol. The van der Waals surface area contributed by atoms with Crippen LogP contribution in [0.3, 0.4) is 0 Å². The van der Waals surface area contributed by atoms with Gasteiger partial charge in [0.05, 0.1) is 33.5 Å². The normalized spacial score (nSPS) is 19.4. The molecule has 0 amide bonds. The molecule has 1 heterocycles. The molecule has 2 aromatic rings. The van der Waals surface area contributed by atoms with Gasteiger partial charge < -0.3 is 24.3 Å². The van der Waals surface area contributed by atoms with Crippen LogP contribution in [0.5, 0.6) is 17.2 Å². The number of allylic oxidation sites excluding steroid dienone is 3. The van der Waals surface area contributed by atoms with E-state index in [-0.39, 0.29) is 17.6 Å². The number of dihydropyridines is 1. The summed E-state index contributed by atoms with van der Waals surface area (Å²) in [6.07, 6.45) is 1.01. The molecule has 0 spiro atoms. The first-order chi connectivity index (χ1) is 17.8. The zero-order chi connectivity index (χ0) is 26.7. The molecule has 0 unspecified atom stereocenters. The van der Waals surface area contributed by atoms with Crippen LogP contribution < -0.4 is 19.5 Å². The van der Waals surface area contributed by atoms with Crippen LogP contribution in [0.25, 0.3) is 0 Å². The van der Waals surface area contributed by atoms with Gasteiger partial charge in [-0.1, -0.05) is 32.0 Å². The summed E-state index contributed by atoms with van der Waals surface area (Å²) in [6.45, 7) is 6.15. The summed E-state index contributed by atoms with van der Waals surface area (Å²) >= 11 is 0. The van der Waals surface area contributed by atoms with E-state index in [2.05, 4.69) is 5.32 Å². The Hall–Kier alpha value is -3.74. The van der Waals surface area contributed by atoms with Crippen LogP contribution in [0.15, 0.2) is 65.0 Å². The summed E-state index contributed by atoms with van der Waals surface area (Å²) < 4.78 is 21.9. The number of hydrogen-bond acceptors (Lipinski definition) is 7. The SMILES string of the molecule is COc1ccc([C@H]2CC(=O)C3=C(C2)NC(C)=C(C(=O)OCC(C)C)[C@@H]3c2ccc(OC)c(OC)c2)cc1. The Bertz CT molecular complexity index is 1240. The van der Waals surface area contributed by atoms with Crippen molar-refractivity contribution in [1.82, 2.24) is 5.32 Å². The molecule has 0 saturated carbocycles. The minimum absolute atomic E-state index is 0.0102. The lowest BCUT2D eigenvalue weighted by molar-refractivity contribution is -0.140. The number of carbonyl (C=O) groups is 2. The van der Waals surface area contributed by atoms with E-state index >= 15 is 0 Å². The number of hydrogen-bond donors (Lipinski definition) is 1. The van der Waals surface area contributed by atoms with Gasteiger partial charge in [-0.05, 0) is 60.6 Å². The van der Waals surface area contributed by atoms with Crippen molar-refractivity contribution in [2.75, 3.05) is 27.9 Å². The third-order valence-electron chi connectivity index (χ3n) is 6.92. The van der Waals surface area contributed by atoms with Gasteiger partial charge in [0.2, 0.25) is 0 Å². The summed E-state index contributed by atoms with van der Waals surface area (Å²) in [4.78, 5) is 27.2. The summed E-state index contributed by atoms with van der Waals surface area (Å²) in [6, 6.07) is 13.4. The second-order valence-electron chi connectivity index (χ2n) is 9.90. The third-order valence-corrected chi connectivity index (χ3v) is 6.92. The molecule has 2 atom stereocenters. The van der Waals surface area contributed by atoms with Crippen molar-refractivity contribution in [2.45, 2.75) is 45.4 Å². The molecule has 1 aliphatic carbocycles.